The standard InChI is InChI=1S/C8H15NO.C3H8/c1-2-3-8(10)9-6-7-4-5-7;1-3-2/h7H,2-6H2,1H3,(H,9,10);3H2,1-2H3. The maximum absolute atomic E-state index is 10.9. The molecule has 0 aromatic rings. The molecule has 0 aromatic carbocycles. The van der Waals surface area contributed by atoms with Crippen molar-refractivity contribution < 1.29 is 4.79 Å². The minimum atomic E-state index is 0.217. The second kappa shape index (κ2) is 8.09. The molecule has 0 radical (unpaired) electrons. The van der Waals surface area contributed by atoms with E-state index >= 15 is 0 Å². The number of hydrogen-bond acceptors (Lipinski definition) is 1. The molecule has 2 heteroatoms. The molecule has 1 aliphatic carbocycles. The quantitative estimate of drug-likeness (QED) is 0.717. The fourth-order valence-corrected chi connectivity index (χ4v) is 0.896. The average Bonchev–Trinajstić information content (AvgIpc) is 2.86. The minimum absolute atomic E-state index is 0.217. The van der Waals surface area contributed by atoms with Crippen LogP contribution < -0.4 is 5.32 Å². The number of carbonyl (C=O) groups excluding carboxylic acids is 1. The van der Waals surface area contributed by atoms with Gasteiger partial charge >= 0.3 is 0 Å². The molecular formula is C11H23NO. The van der Waals surface area contributed by atoms with Gasteiger partial charge in [0.05, 0.1) is 0 Å². The molecule has 78 valence electrons. The second-order valence-corrected chi connectivity index (χ2v) is 3.70. The Labute approximate surface area is 82.1 Å². The molecule has 0 aromatic heterocycles. The third-order valence-corrected chi connectivity index (χ3v) is 1.76. The minimum Gasteiger partial charge on any atom is -0.356 e. The van der Waals surface area contributed by atoms with Crippen molar-refractivity contribution in [3.63, 3.8) is 0 Å². The zero-order valence-corrected chi connectivity index (χ0v) is 9.23. The highest BCUT2D eigenvalue weighted by molar-refractivity contribution is 5.75. The third kappa shape index (κ3) is 9.38. The maximum Gasteiger partial charge on any atom is 0.219 e. The molecule has 1 fully saturated rings. The van der Waals surface area contributed by atoms with Crippen LogP contribution in [0.15, 0.2) is 0 Å². The van der Waals surface area contributed by atoms with Crippen LogP contribution in [0.2, 0.25) is 0 Å². The molecule has 2 nitrogen and oxygen atoms in total. The Balaban J connectivity index is 0.000000424. The Kier molecular flexibility index (Phi) is 7.76. The van der Waals surface area contributed by atoms with Crippen LogP contribution in [0.3, 0.4) is 0 Å². The lowest BCUT2D eigenvalue weighted by Gasteiger charge is -2.00. The summed E-state index contributed by atoms with van der Waals surface area (Å²) in [6.45, 7) is 7.19. The molecule has 13 heavy (non-hydrogen) atoms. The molecule has 0 unspecified atom stereocenters. The lowest BCUT2D eigenvalue weighted by atomic mass is 10.3. The maximum atomic E-state index is 10.9. The molecule has 0 bridgehead atoms. The number of rotatable bonds is 4. The van der Waals surface area contributed by atoms with E-state index in [1.165, 1.54) is 19.3 Å². The van der Waals surface area contributed by atoms with Gasteiger partial charge < -0.3 is 5.32 Å². The summed E-state index contributed by atoms with van der Waals surface area (Å²) in [6, 6.07) is 0. The highest BCUT2D eigenvalue weighted by Gasteiger charge is 2.21. The summed E-state index contributed by atoms with van der Waals surface area (Å²) >= 11 is 0. The number of carbonyl (C=O) groups is 1. The summed E-state index contributed by atoms with van der Waals surface area (Å²) in [7, 11) is 0. The first kappa shape index (κ1) is 12.5. The van der Waals surface area contributed by atoms with Gasteiger partial charge in [-0.3, -0.25) is 4.79 Å². The van der Waals surface area contributed by atoms with E-state index in [9.17, 15) is 4.79 Å². The Bertz CT molecular complexity index is 130. The smallest absolute Gasteiger partial charge is 0.219 e. The van der Waals surface area contributed by atoms with Gasteiger partial charge in [0.1, 0.15) is 0 Å². The van der Waals surface area contributed by atoms with E-state index in [4.69, 9.17) is 0 Å². The predicted octanol–water partition coefficient (Wildman–Crippen LogP) is 2.73. The molecule has 1 N–H and O–H groups in total. The van der Waals surface area contributed by atoms with Crippen LogP contribution in [0.4, 0.5) is 0 Å². The van der Waals surface area contributed by atoms with Crippen LogP contribution in [0, 0.1) is 5.92 Å². The molecule has 0 saturated heterocycles. The lowest BCUT2D eigenvalue weighted by Crippen LogP contribution is -2.24. The topological polar surface area (TPSA) is 29.1 Å². The second-order valence-electron chi connectivity index (χ2n) is 3.70. The number of amides is 1. The van der Waals surface area contributed by atoms with Crippen LogP contribution in [-0.2, 0) is 4.79 Å². The van der Waals surface area contributed by atoms with E-state index in [1.54, 1.807) is 0 Å². The number of nitrogens with one attached hydrogen (secondary N) is 1. The van der Waals surface area contributed by atoms with Crippen LogP contribution in [-0.4, -0.2) is 12.5 Å². The van der Waals surface area contributed by atoms with E-state index < -0.39 is 0 Å². The molecule has 1 rings (SSSR count). The summed E-state index contributed by atoms with van der Waals surface area (Å²) in [4.78, 5) is 10.9. The summed E-state index contributed by atoms with van der Waals surface area (Å²) in [5, 5.41) is 2.91. The van der Waals surface area contributed by atoms with E-state index in [0.29, 0.717) is 6.42 Å². The van der Waals surface area contributed by atoms with Crippen molar-refractivity contribution >= 4 is 5.91 Å². The van der Waals surface area contributed by atoms with Crippen molar-refractivity contribution in [3.8, 4) is 0 Å². The van der Waals surface area contributed by atoms with Gasteiger partial charge in [0.15, 0.2) is 0 Å². The van der Waals surface area contributed by atoms with E-state index in [2.05, 4.69) is 19.2 Å². The van der Waals surface area contributed by atoms with E-state index in [-0.39, 0.29) is 5.91 Å². The van der Waals surface area contributed by atoms with Gasteiger partial charge in [-0.15, -0.1) is 0 Å². The van der Waals surface area contributed by atoms with Crippen molar-refractivity contribution in [2.75, 3.05) is 6.54 Å². The van der Waals surface area contributed by atoms with Gasteiger partial charge in [-0.2, -0.15) is 0 Å². The highest BCUT2D eigenvalue weighted by atomic mass is 16.1. The summed E-state index contributed by atoms with van der Waals surface area (Å²) in [6.07, 6.45) is 5.52. The Morgan fingerprint density at radius 1 is 1.31 bits per heavy atom. The molecule has 1 aliphatic rings. The molecule has 1 saturated carbocycles. The third-order valence-electron chi connectivity index (χ3n) is 1.76. The SMILES string of the molecule is CCC.CCCC(=O)NCC1CC1. The fourth-order valence-electron chi connectivity index (χ4n) is 0.896. The molecule has 0 spiro atoms. The fraction of sp³-hybridized carbons (Fsp3) is 0.909. The van der Waals surface area contributed by atoms with Gasteiger partial charge in [0, 0.05) is 13.0 Å². The van der Waals surface area contributed by atoms with Gasteiger partial charge in [-0.1, -0.05) is 27.2 Å². The summed E-state index contributed by atoms with van der Waals surface area (Å²) in [5.74, 6) is 1.02. The monoisotopic (exact) mass is 185 g/mol. The van der Waals surface area contributed by atoms with Crippen molar-refractivity contribution in [3.05, 3.63) is 0 Å². The zero-order chi connectivity index (χ0) is 10.1. The first-order valence-electron chi connectivity index (χ1n) is 5.51. The normalized spacial score (nSPS) is 14.4. The molecule has 1 amide bonds. The van der Waals surface area contributed by atoms with Crippen molar-refractivity contribution in [1.82, 2.24) is 5.32 Å². The van der Waals surface area contributed by atoms with Gasteiger partial charge in [0.25, 0.3) is 0 Å². The predicted molar refractivity (Wildman–Crippen MR) is 56.6 cm³/mol. The van der Waals surface area contributed by atoms with Crippen LogP contribution in [0.5, 0.6) is 0 Å². The average molecular weight is 185 g/mol. The van der Waals surface area contributed by atoms with Crippen LogP contribution in [0.25, 0.3) is 0 Å². The zero-order valence-electron chi connectivity index (χ0n) is 9.23. The van der Waals surface area contributed by atoms with Crippen molar-refractivity contribution in [1.29, 1.82) is 0 Å². The summed E-state index contributed by atoms with van der Waals surface area (Å²) < 4.78 is 0. The lowest BCUT2D eigenvalue weighted by molar-refractivity contribution is -0.121. The van der Waals surface area contributed by atoms with Crippen molar-refractivity contribution in [2.24, 2.45) is 5.92 Å². The molecule has 0 atom stereocenters. The Morgan fingerprint density at radius 2 is 1.85 bits per heavy atom. The first-order chi connectivity index (χ1) is 6.24. The first-order valence-corrected chi connectivity index (χ1v) is 5.51. The van der Waals surface area contributed by atoms with Gasteiger partial charge in [0.2, 0.25) is 5.91 Å². The highest BCUT2D eigenvalue weighted by Crippen LogP contribution is 2.27. The van der Waals surface area contributed by atoms with Crippen LogP contribution >= 0.6 is 0 Å². The molecular weight excluding hydrogens is 162 g/mol. The van der Waals surface area contributed by atoms with E-state index in [1.807, 2.05) is 6.92 Å². The van der Waals surface area contributed by atoms with Gasteiger partial charge in [-0.05, 0) is 25.2 Å². The van der Waals surface area contributed by atoms with Crippen molar-refractivity contribution in [2.45, 2.75) is 52.9 Å². The van der Waals surface area contributed by atoms with E-state index in [0.717, 1.165) is 18.9 Å². The Hall–Kier alpha value is -0.530. The molecule has 0 heterocycles. The van der Waals surface area contributed by atoms with Gasteiger partial charge in [-0.25, -0.2) is 0 Å². The number of hydrogen-bond donors (Lipinski definition) is 1. The van der Waals surface area contributed by atoms with Crippen LogP contribution in [0.1, 0.15) is 52.9 Å². The molecule has 0 aliphatic heterocycles. The Morgan fingerprint density at radius 3 is 2.23 bits per heavy atom. The largest absolute Gasteiger partial charge is 0.356 e. The summed E-state index contributed by atoms with van der Waals surface area (Å²) in [5.41, 5.74) is 0.